The van der Waals surface area contributed by atoms with Crippen LogP contribution < -0.4 is 10.2 Å². The summed E-state index contributed by atoms with van der Waals surface area (Å²) < 4.78 is 5.31. The molecular formula is C12H17N3O4. The lowest BCUT2D eigenvalue weighted by Crippen LogP contribution is -2.11. The third kappa shape index (κ3) is 4.92. The number of nitro groups is 1. The molecule has 0 saturated carbocycles. The molecule has 0 saturated heterocycles. The van der Waals surface area contributed by atoms with Gasteiger partial charge in [-0.1, -0.05) is 6.92 Å². The molecule has 0 radical (unpaired) electrons. The first-order valence-corrected chi connectivity index (χ1v) is 5.97. The summed E-state index contributed by atoms with van der Waals surface area (Å²) in [5.41, 5.74) is 3.10. The Morgan fingerprint density at radius 3 is 3.00 bits per heavy atom. The number of hydrogen-bond donors (Lipinski definition) is 2. The molecule has 19 heavy (non-hydrogen) atoms. The van der Waals surface area contributed by atoms with Crippen molar-refractivity contribution in [3.63, 3.8) is 0 Å². The SMILES string of the molecule is CCCOc1ccc(C=NNCCO)cc1[N+](=O)[O-]. The number of hydrazone groups is 1. The summed E-state index contributed by atoms with van der Waals surface area (Å²) in [4.78, 5) is 10.5. The monoisotopic (exact) mass is 267 g/mol. The van der Waals surface area contributed by atoms with E-state index >= 15 is 0 Å². The lowest BCUT2D eigenvalue weighted by atomic mass is 10.2. The number of aliphatic hydroxyl groups excluding tert-OH is 1. The van der Waals surface area contributed by atoms with Crippen molar-refractivity contribution in [3.05, 3.63) is 33.9 Å². The molecule has 7 heteroatoms. The van der Waals surface area contributed by atoms with Gasteiger partial charge in [0.1, 0.15) is 0 Å². The molecule has 0 aliphatic heterocycles. The summed E-state index contributed by atoms with van der Waals surface area (Å²) in [7, 11) is 0. The van der Waals surface area contributed by atoms with Crippen molar-refractivity contribution in [1.29, 1.82) is 0 Å². The minimum atomic E-state index is -0.483. The standard InChI is InChI=1S/C12H17N3O4/c1-2-7-19-12-4-3-10(8-11(12)15(17)18)9-14-13-5-6-16/h3-4,8-9,13,16H,2,5-7H2,1H3. The van der Waals surface area contributed by atoms with Crippen LogP contribution in [-0.2, 0) is 0 Å². The Hall–Kier alpha value is -2.15. The Kier molecular flexibility index (Phi) is 6.31. The molecule has 0 aromatic heterocycles. The Morgan fingerprint density at radius 1 is 1.58 bits per heavy atom. The fourth-order valence-electron chi connectivity index (χ4n) is 1.33. The van der Waals surface area contributed by atoms with Gasteiger partial charge in [-0.05, 0) is 18.6 Å². The first-order chi connectivity index (χ1) is 9.19. The Morgan fingerprint density at radius 2 is 2.37 bits per heavy atom. The zero-order chi connectivity index (χ0) is 14.1. The maximum atomic E-state index is 10.9. The van der Waals surface area contributed by atoms with Crippen molar-refractivity contribution in [2.75, 3.05) is 19.8 Å². The minimum Gasteiger partial charge on any atom is -0.487 e. The number of nitrogens with zero attached hydrogens (tertiary/aromatic N) is 2. The van der Waals surface area contributed by atoms with Gasteiger partial charge in [-0.25, -0.2) is 0 Å². The molecule has 1 aromatic carbocycles. The number of nitrogens with one attached hydrogen (secondary N) is 1. The molecule has 0 aliphatic carbocycles. The van der Waals surface area contributed by atoms with Gasteiger partial charge in [0, 0.05) is 11.6 Å². The van der Waals surface area contributed by atoms with Crippen molar-refractivity contribution in [2.24, 2.45) is 5.10 Å². The van der Waals surface area contributed by atoms with Gasteiger partial charge >= 0.3 is 5.69 Å². The quantitative estimate of drug-likeness (QED) is 0.320. The molecule has 104 valence electrons. The van der Waals surface area contributed by atoms with E-state index < -0.39 is 4.92 Å². The average Bonchev–Trinajstić information content (AvgIpc) is 2.41. The van der Waals surface area contributed by atoms with E-state index in [0.29, 0.717) is 18.7 Å². The topological polar surface area (TPSA) is 97.0 Å². The van der Waals surface area contributed by atoms with Crippen LogP contribution in [0.1, 0.15) is 18.9 Å². The largest absolute Gasteiger partial charge is 0.487 e. The normalized spacial score (nSPS) is 10.6. The first-order valence-electron chi connectivity index (χ1n) is 5.97. The summed E-state index contributed by atoms with van der Waals surface area (Å²) in [5, 5.41) is 23.3. The van der Waals surface area contributed by atoms with Crippen LogP contribution in [-0.4, -0.2) is 36.0 Å². The fourth-order valence-corrected chi connectivity index (χ4v) is 1.33. The molecule has 2 N–H and O–H groups in total. The van der Waals surface area contributed by atoms with Crippen LogP contribution in [0.4, 0.5) is 5.69 Å². The van der Waals surface area contributed by atoms with Gasteiger partial charge in [0.25, 0.3) is 0 Å². The fraction of sp³-hybridized carbons (Fsp3) is 0.417. The molecule has 0 spiro atoms. The Bertz CT molecular complexity index is 449. The summed E-state index contributed by atoms with van der Waals surface area (Å²) in [6.45, 7) is 2.67. The van der Waals surface area contributed by atoms with Crippen LogP contribution >= 0.6 is 0 Å². The number of hydrogen-bond acceptors (Lipinski definition) is 6. The van der Waals surface area contributed by atoms with Gasteiger partial charge in [-0.15, -0.1) is 0 Å². The molecule has 0 atom stereocenters. The molecule has 0 aliphatic rings. The summed E-state index contributed by atoms with van der Waals surface area (Å²) in [6.07, 6.45) is 2.23. The second kappa shape index (κ2) is 8.04. The number of nitro benzene ring substituents is 1. The molecule has 1 aromatic rings. The number of aliphatic hydroxyl groups is 1. The summed E-state index contributed by atoms with van der Waals surface area (Å²) >= 11 is 0. The summed E-state index contributed by atoms with van der Waals surface area (Å²) in [5.74, 6) is 0.257. The third-order valence-corrected chi connectivity index (χ3v) is 2.17. The molecule has 0 bridgehead atoms. The van der Waals surface area contributed by atoms with Crippen LogP contribution in [0.2, 0.25) is 0 Å². The highest BCUT2D eigenvalue weighted by molar-refractivity contribution is 5.81. The lowest BCUT2D eigenvalue weighted by Gasteiger charge is -2.05. The minimum absolute atomic E-state index is 0.0265. The van der Waals surface area contributed by atoms with Crippen LogP contribution in [0, 0.1) is 10.1 Å². The van der Waals surface area contributed by atoms with Crippen molar-refractivity contribution in [1.82, 2.24) is 5.43 Å². The summed E-state index contributed by atoms with van der Waals surface area (Å²) in [6, 6.07) is 4.64. The number of benzene rings is 1. The predicted molar refractivity (Wildman–Crippen MR) is 71.6 cm³/mol. The van der Waals surface area contributed by atoms with E-state index in [1.807, 2.05) is 6.92 Å². The van der Waals surface area contributed by atoms with Crippen LogP contribution in [0.15, 0.2) is 23.3 Å². The highest BCUT2D eigenvalue weighted by atomic mass is 16.6. The van der Waals surface area contributed by atoms with Crippen LogP contribution in [0.25, 0.3) is 0 Å². The molecular weight excluding hydrogens is 250 g/mol. The Balaban J connectivity index is 2.83. The first kappa shape index (κ1) is 14.9. The van der Waals surface area contributed by atoms with Crippen molar-refractivity contribution in [3.8, 4) is 5.75 Å². The van der Waals surface area contributed by atoms with E-state index in [1.165, 1.54) is 12.3 Å². The molecule has 7 nitrogen and oxygen atoms in total. The van der Waals surface area contributed by atoms with Gasteiger partial charge in [0.15, 0.2) is 5.75 Å². The van der Waals surface area contributed by atoms with E-state index in [-0.39, 0.29) is 18.0 Å². The van der Waals surface area contributed by atoms with Gasteiger partial charge in [0.05, 0.1) is 30.9 Å². The maximum Gasteiger partial charge on any atom is 0.311 e. The van der Waals surface area contributed by atoms with E-state index in [9.17, 15) is 10.1 Å². The lowest BCUT2D eigenvalue weighted by molar-refractivity contribution is -0.385. The van der Waals surface area contributed by atoms with E-state index in [2.05, 4.69) is 10.5 Å². The van der Waals surface area contributed by atoms with E-state index in [1.54, 1.807) is 12.1 Å². The predicted octanol–water partition coefficient (Wildman–Crippen LogP) is 1.30. The van der Waals surface area contributed by atoms with Gasteiger partial charge < -0.3 is 15.3 Å². The second-order valence-corrected chi connectivity index (χ2v) is 3.72. The van der Waals surface area contributed by atoms with Crippen LogP contribution in [0.5, 0.6) is 5.75 Å². The molecule has 1 rings (SSSR count). The molecule has 0 fully saturated rings. The van der Waals surface area contributed by atoms with E-state index in [4.69, 9.17) is 9.84 Å². The van der Waals surface area contributed by atoms with E-state index in [0.717, 1.165) is 6.42 Å². The van der Waals surface area contributed by atoms with Crippen molar-refractivity contribution in [2.45, 2.75) is 13.3 Å². The second-order valence-electron chi connectivity index (χ2n) is 3.72. The molecule has 0 unspecified atom stereocenters. The number of ether oxygens (including phenoxy) is 1. The molecule has 0 heterocycles. The van der Waals surface area contributed by atoms with Gasteiger partial charge in [-0.3, -0.25) is 10.1 Å². The average molecular weight is 267 g/mol. The van der Waals surface area contributed by atoms with Crippen molar-refractivity contribution >= 4 is 11.9 Å². The zero-order valence-corrected chi connectivity index (χ0v) is 10.7. The highest BCUT2D eigenvalue weighted by Gasteiger charge is 2.15. The van der Waals surface area contributed by atoms with Crippen molar-refractivity contribution < 1.29 is 14.8 Å². The van der Waals surface area contributed by atoms with Gasteiger partial charge in [-0.2, -0.15) is 5.10 Å². The molecule has 0 amide bonds. The third-order valence-electron chi connectivity index (χ3n) is 2.17. The Labute approximate surface area is 111 Å². The number of rotatable bonds is 8. The van der Waals surface area contributed by atoms with Gasteiger partial charge in [0.2, 0.25) is 0 Å². The smallest absolute Gasteiger partial charge is 0.311 e. The van der Waals surface area contributed by atoms with Crippen LogP contribution in [0.3, 0.4) is 0 Å². The maximum absolute atomic E-state index is 10.9. The zero-order valence-electron chi connectivity index (χ0n) is 10.7. The highest BCUT2D eigenvalue weighted by Crippen LogP contribution is 2.27.